The lowest BCUT2D eigenvalue weighted by Gasteiger charge is -2.59. The second-order valence-electron chi connectivity index (χ2n) is 18.5. The molecule has 0 aliphatic heterocycles. The molecule has 8 aliphatic carbocycles. The first kappa shape index (κ1) is 35.1. The molecule has 6 nitrogen and oxygen atoms in total. The molecule has 8 aliphatic rings. The van der Waals surface area contributed by atoms with Gasteiger partial charge < -0.3 is 4.74 Å². The van der Waals surface area contributed by atoms with Gasteiger partial charge in [-0.3, -0.25) is 24.0 Å². The van der Waals surface area contributed by atoms with E-state index in [-0.39, 0.29) is 33.8 Å². The van der Waals surface area contributed by atoms with Crippen molar-refractivity contribution in [1.29, 1.82) is 0 Å². The molecule has 0 amide bonds. The van der Waals surface area contributed by atoms with Crippen molar-refractivity contribution in [2.24, 2.45) is 63.6 Å². The number of fused-ring (bicyclic) bond motifs is 10. The van der Waals surface area contributed by atoms with Crippen LogP contribution < -0.4 is 0 Å². The number of ketones is 4. The molecule has 0 radical (unpaired) electrons. The standard InChI is InChI=1S/C23H32O4.C20H28O2/c1-14(24)23(27-15(2)25)12-9-20-18-6-5-16-13-17(26)7-10-21(16,3)19(18)8-11-22(20,23)4;1-12(21)18-7-8-19-17-5-3-13-11-14(22)4-6-15(13)16(17)9-10-20(18,19)2/h13,18-20H,5-12H2,1-4H3;11,15-19H,3-10H2,1-2H3/t18-,19+,20+,21+,22+,23+;15-,16+,17+,18+,19-,20+/m10/s1. The Balaban J connectivity index is 0.000000157. The van der Waals surface area contributed by atoms with Crippen LogP contribution in [0.1, 0.15) is 144 Å². The predicted octanol–water partition coefficient (Wildman–Crippen LogP) is 8.74. The van der Waals surface area contributed by atoms with Crippen LogP contribution in [0.2, 0.25) is 0 Å². The van der Waals surface area contributed by atoms with Gasteiger partial charge in [-0.1, -0.05) is 31.9 Å². The zero-order valence-electron chi connectivity index (χ0n) is 31.0. The summed E-state index contributed by atoms with van der Waals surface area (Å²) in [5, 5.41) is 0. The van der Waals surface area contributed by atoms with E-state index in [0.717, 1.165) is 82.0 Å². The molecule has 12 atom stereocenters. The highest BCUT2D eigenvalue weighted by Crippen LogP contribution is 2.68. The van der Waals surface area contributed by atoms with Gasteiger partial charge in [0, 0.05) is 31.1 Å². The third kappa shape index (κ3) is 5.33. The van der Waals surface area contributed by atoms with Crippen LogP contribution in [0.25, 0.3) is 0 Å². The molecule has 49 heavy (non-hydrogen) atoms. The van der Waals surface area contributed by atoms with Crippen LogP contribution in [0.4, 0.5) is 0 Å². The summed E-state index contributed by atoms with van der Waals surface area (Å²) in [6, 6.07) is 0. The maximum absolute atomic E-state index is 12.7. The third-order valence-electron chi connectivity index (χ3n) is 16.8. The Morgan fingerprint density at radius 3 is 2.08 bits per heavy atom. The summed E-state index contributed by atoms with van der Waals surface area (Å²) in [5.74, 6) is 5.58. The smallest absolute Gasteiger partial charge is 0.303 e. The summed E-state index contributed by atoms with van der Waals surface area (Å²) in [5.41, 5.74) is 1.99. The maximum atomic E-state index is 12.7. The van der Waals surface area contributed by atoms with Crippen LogP contribution >= 0.6 is 0 Å². The van der Waals surface area contributed by atoms with Gasteiger partial charge in [0.25, 0.3) is 0 Å². The minimum Gasteiger partial charge on any atom is -0.451 e. The summed E-state index contributed by atoms with van der Waals surface area (Å²) in [4.78, 5) is 60.3. The predicted molar refractivity (Wildman–Crippen MR) is 188 cm³/mol. The number of hydrogen-bond acceptors (Lipinski definition) is 6. The molecular weight excluding hydrogens is 612 g/mol. The zero-order valence-corrected chi connectivity index (χ0v) is 31.0. The summed E-state index contributed by atoms with van der Waals surface area (Å²) in [6.07, 6.45) is 20.3. The summed E-state index contributed by atoms with van der Waals surface area (Å²) >= 11 is 0. The van der Waals surface area contributed by atoms with E-state index < -0.39 is 5.60 Å². The first-order chi connectivity index (χ1) is 23.1. The number of carbonyl (C=O) groups is 5. The normalized spacial score (nSPS) is 46.6. The highest BCUT2D eigenvalue weighted by atomic mass is 16.6. The molecular formula is C43H60O6. The van der Waals surface area contributed by atoms with Crippen molar-refractivity contribution in [3.8, 4) is 0 Å². The minimum atomic E-state index is -0.950. The number of ether oxygens (including phenoxy) is 1. The SMILES string of the molecule is CC(=O)O[C@]1(C(C)=O)CC[C@H]2[C@@H]3CCC4=CC(=O)CC[C@]4(C)[C@H]3CC[C@@]21C.CC(=O)[C@H]1CC[C@H]2[C@@H]3CCC4=CC(=O)CC[C@@H]4[C@H]3CC[C@]12C. The number of Topliss-reactive ketones (excluding diaryl/α,β-unsaturated/α-hetero) is 2. The van der Waals surface area contributed by atoms with Gasteiger partial charge in [0.1, 0.15) is 5.78 Å². The van der Waals surface area contributed by atoms with Gasteiger partial charge in [0.2, 0.25) is 0 Å². The molecule has 6 heteroatoms. The molecule has 0 N–H and O–H groups in total. The Bertz CT molecular complexity index is 1500. The molecule has 0 heterocycles. The van der Waals surface area contributed by atoms with E-state index in [1.54, 1.807) is 13.8 Å². The molecule has 0 saturated heterocycles. The maximum Gasteiger partial charge on any atom is 0.303 e. The zero-order chi connectivity index (χ0) is 35.1. The second kappa shape index (κ2) is 12.4. The van der Waals surface area contributed by atoms with E-state index in [4.69, 9.17) is 4.74 Å². The van der Waals surface area contributed by atoms with Gasteiger partial charge in [-0.05, 0) is 168 Å². The Morgan fingerprint density at radius 1 is 0.653 bits per heavy atom. The van der Waals surface area contributed by atoms with Crippen molar-refractivity contribution >= 4 is 29.1 Å². The highest BCUT2D eigenvalue weighted by Gasteiger charge is 2.68. The molecule has 0 bridgehead atoms. The monoisotopic (exact) mass is 672 g/mol. The third-order valence-corrected chi connectivity index (χ3v) is 16.8. The van der Waals surface area contributed by atoms with Crippen LogP contribution in [0.3, 0.4) is 0 Å². The Kier molecular flexibility index (Phi) is 8.87. The molecule has 6 saturated carbocycles. The van der Waals surface area contributed by atoms with Gasteiger partial charge >= 0.3 is 5.97 Å². The quantitative estimate of drug-likeness (QED) is 0.278. The van der Waals surface area contributed by atoms with Crippen molar-refractivity contribution < 1.29 is 28.7 Å². The van der Waals surface area contributed by atoms with E-state index >= 15 is 0 Å². The fourth-order valence-electron chi connectivity index (χ4n) is 14.5. The average Bonchev–Trinajstić information content (AvgIpc) is 3.56. The van der Waals surface area contributed by atoms with Crippen molar-refractivity contribution in [3.05, 3.63) is 23.3 Å². The van der Waals surface area contributed by atoms with Crippen molar-refractivity contribution in [3.63, 3.8) is 0 Å². The first-order valence-corrected chi connectivity index (χ1v) is 19.8. The fourth-order valence-corrected chi connectivity index (χ4v) is 14.5. The van der Waals surface area contributed by atoms with Gasteiger partial charge in [-0.25, -0.2) is 0 Å². The van der Waals surface area contributed by atoms with Crippen LogP contribution in [0, 0.1) is 63.6 Å². The molecule has 0 aromatic rings. The van der Waals surface area contributed by atoms with E-state index in [2.05, 4.69) is 20.8 Å². The lowest BCUT2D eigenvalue weighted by atomic mass is 9.46. The number of hydrogen-bond donors (Lipinski definition) is 0. The van der Waals surface area contributed by atoms with Crippen LogP contribution in [-0.4, -0.2) is 34.7 Å². The van der Waals surface area contributed by atoms with E-state index in [1.807, 2.05) is 12.2 Å². The minimum absolute atomic E-state index is 0.00650. The molecule has 0 unspecified atom stereocenters. The number of carbonyl (C=O) groups excluding carboxylic acids is 5. The summed E-state index contributed by atoms with van der Waals surface area (Å²) in [7, 11) is 0. The number of rotatable bonds is 3. The van der Waals surface area contributed by atoms with Gasteiger partial charge in [-0.15, -0.1) is 0 Å². The Morgan fingerprint density at radius 2 is 1.37 bits per heavy atom. The van der Waals surface area contributed by atoms with Crippen LogP contribution in [0.5, 0.6) is 0 Å². The van der Waals surface area contributed by atoms with E-state index in [1.165, 1.54) is 43.8 Å². The topological polar surface area (TPSA) is 94.6 Å². The second-order valence-corrected chi connectivity index (χ2v) is 18.5. The molecule has 0 aromatic carbocycles. The van der Waals surface area contributed by atoms with Gasteiger partial charge in [0.15, 0.2) is 23.0 Å². The van der Waals surface area contributed by atoms with Gasteiger partial charge in [0.05, 0.1) is 0 Å². The first-order valence-electron chi connectivity index (χ1n) is 19.8. The lowest BCUT2D eigenvalue weighted by molar-refractivity contribution is -0.187. The summed E-state index contributed by atoms with van der Waals surface area (Å²) in [6.45, 7) is 11.8. The Labute approximate surface area is 294 Å². The fraction of sp³-hybridized carbons (Fsp3) is 0.791. The highest BCUT2D eigenvalue weighted by molar-refractivity contribution is 5.92. The van der Waals surface area contributed by atoms with E-state index in [0.29, 0.717) is 54.0 Å². The van der Waals surface area contributed by atoms with E-state index in [9.17, 15) is 24.0 Å². The van der Waals surface area contributed by atoms with Gasteiger partial charge in [-0.2, -0.15) is 0 Å². The molecule has 0 aromatic heterocycles. The van der Waals surface area contributed by atoms with Crippen molar-refractivity contribution in [2.75, 3.05) is 0 Å². The largest absolute Gasteiger partial charge is 0.451 e. The Hall–Kier alpha value is -2.37. The van der Waals surface area contributed by atoms with Crippen LogP contribution in [-0.2, 0) is 28.7 Å². The number of esters is 1. The molecule has 6 fully saturated rings. The lowest BCUT2D eigenvalue weighted by Crippen LogP contribution is -2.58. The molecule has 0 spiro atoms. The van der Waals surface area contributed by atoms with Crippen molar-refractivity contribution in [2.45, 2.75) is 150 Å². The average molecular weight is 673 g/mol. The van der Waals surface area contributed by atoms with Crippen LogP contribution in [0.15, 0.2) is 23.3 Å². The van der Waals surface area contributed by atoms with Crippen molar-refractivity contribution in [1.82, 2.24) is 0 Å². The number of allylic oxidation sites excluding steroid dienone is 2. The molecule has 268 valence electrons. The summed E-state index contributed by atoms with van der Waals surface area (Å²) < 4.78 is 5.81. The molecule has 8 rings (SSSR count).